The van der Waals surface area contributed by atoms with Crippen molar-refractivity contribution in [2.45, 2.75) is 13.8 Å². The van der Waals surface area contributed by atoms with Crippen molar-refractivity contribution >= 4 is 49.9 Å². The summed E-state index contributed by atoms with van der Waals surface area (Å²) in [6.07, 6.45) is 0. The maximum atomic E-state index is 11.6. The predicted octanol–water partition coefficient (Wildman–Crippen LogP) is 4.58. The molecule has 0 saturated heterocycles. The van der Waals surface area contributed by atoms with Gasteiger partial charge in [0.25, 0.3) is 0 Å². The zero-order valence-corrected chi connectivity index (χ0v) is 14.9. The molecule has 0 aliphatic heterocycles. The first-order valence-electron chi connectivity index (χ1n) is 8.48. The minimum absolute atomic E-state index is 0.128. The third kappa shape index (κ3) is 2.93. The zero-order valence-electron chi connectivity index (χ0n) is 14.9. The van der Waals surface area contributed by atoms with Crippen LogP contribution in [0.1, 0.15) is 13.8 Å². The maximum absolute atomic E-state index is 11.6. The number of esters is 2. The smallest absolute Gasteiger partial charge is 0.308 e. The Bertz CT molecular complexity index is 1240. The molecule has 0 aliphatic rings. The van der Waals surface area contributed by atoms with Crippen LogP contribution in [0, 0.1) is 0 Å². The first-order chi connectivity index (χ1) is 12.9. The molecule has 0 spiro atoms. The Kier molecular flexibility index (Phi) is 3.92. The van der Waals surface area contributed by atoms with Crippen molar-refractivity contribution in [2.75, 3.05) is 5.73 Å². The molecule has 0 amide bonds. The molecule has 2 N–H and O–H groups in total. The molecule has 0 unspecified atom stereocenters. The number of nitrogens with two attached hydrogens (primary N) is 1. The standard InChI is InChI=1S/C22H17NO4/c1-12(24)26-20-11-19(23)21-17(22(20)27-13(2)25)8-7-16-9-14-5-3-4-6-15(14)10-18(16)21/h3-11H,23H2,1-2H3. The number of nitrogen functional groups attached to an aromatic ring is 1. The molecule has 0 aromatic heterocycles. The topological polar surface area (TPSA) is 78.6 Å². The molecule has 0 fully saturated rings. The highest BCUT2D eigenvalue weighted by molar-refractivity contribution is 6.18. The van der Waals surface area contributed by atoms with E-state index in [9.17, 15) is 9.59 Å². The number of fused-ring (bicyclic) bond motifs is 4. The molecule has 0 bridgehead atoms. The van der Waals surface area contributed by atoms with Crippen molar-refractivity contribution in [3.63, 3.8) is 0 Å². The van der Waals surface area contributed by atoms with Crippen LogP contribution in [0.15, 0.2) is 54.6 Å². The number of hydrogen-bond donors (Lipinski definition) is 1. The van der Waals surface area contributed by atoms with Gasteiger partial charge in [-0.25, -0.2) is 0 Å². The molecule has 134 valence electrons. The van der Waals surface area contributed by atoms with Crippen LogP contribution >= 0.6 is 0 Å². The van der Waals surface area contributed by atoms with Gasteiger partial charge in [0.05, 0.1) is 0 Å². The third-order valence-corrected chi connectivity index (χ3v) is 4.43. The maximum Gasteiger partial charge on any atom is 0.308 e. The van der Waals surface area contributed by atoms with E-state index in [4.69, 9.17) is 15.2 Å². The van der Waals surface area contributed by atoms with Crippen molar-refractivity contribution in [1.29, 1.82) is 0 Å². The lowest BCUT2D eigenvalue weighted by molar-refractivity contribution is -0.134. The van der Waals surface area contributed by atoms with Gasteiger partial charge in [-0.2, -0.15) is 0 Å². The van der Waals surface area contributed by atoms with Gasteiger partial charge in [0, 0.05) is 36.4 Å². The van der Waals surface area contributed by atoms with Gasteiger partial charge in [-0.15, -0.1) is 0 Å². The van der Waals surface area contributed by atoms with E-state index in [1.807, 2.05) is 30.3 Å². The summed E-state index contributed by atoms with van der Waals surface area (Å²) in [6.45, 7) is 2.58. The van der Waals surface area contributed by atoms with Gasteiger partial charge < -0.3 is 15.2 Å². The van der Waals surface area contributed by atoms with E-state index >= 15 is 0 Å². The fourth-order valence-electron chi connectivity index (χ4n) is 3.41. The number of anilines is 1. The number of benzene rings is 4. The van der Waals surface area contributed by atoms with Crippen LogP contribution in [0.5, 0.6) is 11.5 Å². The van der Waals surface area contributed by atoms with Crippen molar-refractivity contribution in [2.24, 2.45) is 0 Å². The van der Waals surface area contributed by atoms with E-state index in [1.165, 1.54) is 19.9 Å². The van der Waals surface area contributed by atoms with Crippen LogP contribution in [-0.4, -0.2) is 11.9 Å². The second-order valence-electron chi connectivity index (χ2n) is 6.39. The largest absolute Gasteiger partial charge is 0.423 e. The minimum Gasteiger partial charge on any atom is -0.423 e. The summed E-state index contributed by atoms with van der Waals surface area (Å²) in [5.74, 6) is -0.707. The Morgan fingerprint density at radius 3 is 2.11 bits per heavy atom. The molecular formula is C22H17NO4. The molecule has 0 atom stereocenters. The minimum atomic E-state index is -0.520. The monoisotopic (exact) mass is 359 g/mol. The van der Waals surface area contributed by atoms with Gasteiger partial charge in [0.2, 0.25) is 0 Å². The summed E-state index contributed by atoms with van der Waals surface area (Å²) in [5, 5.41) is 5.53. The predicted molar refractivity (Wildman–Crippen MR) is 106 cm³/mol. The Labute approximate surface area is 155 Å². The second-order valence-corrected chi connectivity index (χ2v) is 6.39. The molecule has 4 rings (SSSR count). The molecule has 4 aromatic carbocycles. The molecule has 4 aromatic rings. The van der Waals surface area contributed by atoms with E-state index in [2.05, 4.69) is 18.2 Å². The Balaban J connectivity index is 2.12. The summed E-state index contributed by atoms with van der Waals surface area (Å²) in [4.78, 5) is 23.1. The second kappa shape index (κ2) is 6.29. The highest BCUT2D eigenvalue weighted by atomic mass is 16.6. The number of carbonyl (C=O) groups is 2. The van der Waals surface area contributed by atoms with Crippen LogP contribution in [0.2, 0.25) is 0 Å². The molecule has 0 radical (unpaired) electrons. The van der Waals surface area contributed by atoms with Crippen LogP contribution in [0.4, 0.5) is 5.69 Å². The van der Waals surface area contributed by atoms with Gasteiger partial charge in [0.1, 0.15) is 0 Å². The van der Waals surface area contributed by atoms with Gasteiger partial charge >= 0.3 is 11.9 Å². The van der Waals surface area contributed by atoms with Crippen LogP contribution in [-0.2, 0) is 9.59 Å². The molecule has 5 heteroatoms. The fourth-order valence-corrected chi connectivity index (χ4v) is 3.41. The highest BCUT2D eigenvalue weighted by Gasteiger charge is 2.18. The van der Waals surface area contributed by atoms with E-state index in [1.54, 1.807) is 0 Å². The normalized spacial score (nSPS) is 11.0. The summed E-state index contributed by atoms with van der Waals surface area (Å²) in [6, 6.07) is 17.5. The highest BCUT2D eigenvalue weighted by Crippen LogP contribution is 2.43. The fraction of sp³-hybridized carbons (Fsp3) is 0.0909. The van der Waals surface area contributed by atoms with Crippen molar-refractivity contribution < 1.29 is 19.1 Å². The Morgan fingerprint density at radius 2 is 1.44 bits per heavy atom. The first-order valence-corrected chi connectivity index (χ1v) is 8.48. The SMILES string of the molecule is CC(=O)Oc1cc(N)c2c(ccc3cc4ccccc4cc32)c1OC(C)=O. The number of carbonyl (C=O) groups excluding carboxylic acids is 2. The molecule has 27 heavy (non-hydrogen) atoms. The number of ether oxygens (including phenoxy) is 2. The van der Waals surface area contributed by atoms with Gasteiger partial charge in [-0.05, 0) is 39.7 Å². The van der Waals surface area contributed by atoms with Crippen LogP contribution in [0.25, 0.3) is 32.3 Å². The number of hydrogen-bond acceptors (Lipinski definition) is 5. The van der Waals surface area contributed by atoms with E-state index in [0.717, 1.165) is 26.9 Å². The molecule has 0 heterocycles. The van der Waals surface area contributed by atoms with Crippen molar-refractivity contribution in [1.82, 2.24) is 0 Å². The average molecular weight is 359 g/mol. The molecule has 0 saturated carbocycles. The lowest BCUT2D eigenvalue weighted by atomic mass is 9.96. The quantitative estimate of drug-likeness (QED) is 0.186. The number of rotatable bonds is 2. The van der Waals surface area contributed by atoms with Crippen LogP contribution < -0.4 is 15.2 Å². The molecular weight excluding hydrogens is 342 g/mol. The summed E-state index contributed by atoms with van der Waals surface area (Å²) in [5.41, 5.74) is 6.75. The third-order valence-electron chi connectivity index (χ3n) is 4.43. The summed E-state index contributed by atoms with van der Waals surface area (Å²) in [7, 11) is 0. The van der Waals surface area contributed by atoms with E-state index in [0.29, 0.717) is 11.1 Å². The Hall–Kier alpha value is -3.60. The van der Waals surface area contributed by atoms with Gasteiger partial charge in [-0.3, -0.25) is 9.59 Å². The van der Waals surface area contributed by atoms with E-state index in [-0.39, 0.29) is 11.5 Å². The summed E-state index contributed by atoms with van der Waals surface area (Å²) >= 11 is 0. The van der Waals surface area contributed by atoms with Crippen LogP contribution in [0.3, 0.4) is 0 Å². The average Bonchev–Trinajstić information content (AvgIpc) is 2.61. The lowest BCUT2D eigenvalue weighted by Gasteiger charge is -2.15. The summed E-state index contributed by atoms with van der Waals surface area (Å²) < 4.78 is 10.6. The zero-order chi connectivity index (χ0) is 19.1. The Morgan fingerprint density at radius 1 is 0.778 bits per heavy atom. The lowest BCUT2D eigenvalue weighted by Crippen LogP contribution is -2.08. The van der Waals surface area contributed by atoms with Gasteiger partial charge in [-0.1, -0.05) is 30.3 Å². The van der Waals surface area contributed by atoms with Crippen molar-refractivity contribution in [3.8, 4) is 11.5 Å². The van der Waals surface area contributed by atoms with Gasteiger partial charge in [0.15, 0.2) is 11.5 Å². The molecule has 5 nitrogen and oxygen atoms in total. The van der Waals surface area contributed by atoms with Crippen molar-refractivity contribution in [3.05, 3.63) is 54.6 Å². The first kappa shape index (κ1) is 16.8. The van der Waals surface area contributed by atoms with E-state index < -0.39 is 11.9 Å². The molecule has 0 aliphatic carbocycles.